The van der Waals surface area contributed by atoms with Gasteiger partial charge in [-0.05, 0) is 36.9 Å². The summed E-state index contributed by atoms with van der Waals surface area (Å²) in [5, 5.41) is 3.52. The zero-order chi connectivity index (χ0) is 12.8. The van der Waals surface area contributed by atoms with Crippen LogP contribution in [0, 0.1) is 5.92 Å². The van der Waals surface area contributed by atoms with Crippen LogP contribution in [0.4, 0.5) is 0 Å². The van der Waals surface area contributed by atoms with E-state index in [2.05, 4.69) is 43.6 Å². The van der Waals surface area contributed by atoms with Crippen molar-refractivity contribution in [3.8, 4) is 0 Å². The average molecular weight is 245 g/mol. The molecular weight excluding hydrogens is 218 g/mol. The number of nitrogens with one attached hydrogen (secondary N) is 1. The fourth-order valence-corrected chi connectivity index (χ4v) is 3.35. The SMILES string of the molecule is CCCCCCCC1Cc2ccccc2C1NC. The summed E-state index contributed by atoms with van der Waals surface area (Å²) in [6.45, 7) is 2.28. The largest absolute Gasteiger partial charge is 0.313 e. The Balaban J connectivity index is 1.84. The smallest absolute Gasteiger partial charge is 0.0352 e. The Kier molecular flexibility index (Phi) is 5.25. The molecule has 2 rings (SSSR count). The maximum atomic E-state index is 3.52. The van der Waals surface area contributed by atoms with Crippen molar-refractivity contribution in [1.29, 1.82) is 0 Å². The Labute approximate surface area is 112 Å². The van der Waals surface area contributed by atoms with E-state index in [0.717, 1.165) is 5.92 Å². The number of hydrogen-bond donors (Lipinski definition) is 1. The maximum absolute atomic E-state index is 3.52. The van der Waals surface area contributed by atoms with Crippen molar-refractivity contribution < 1.29 is 0 Å². The van der Waals surface area contributed by atoms with Crippen LogP contribution in [-0.2, 0) is 6.42 Å². The van der Waals surface area contributed by atoms with Crippen LogP contribution in [0.3, 0.4) is 0 Å². The van der Waals surface area contributed by atoms with Gasteiger partial charge in [-0.2, -0.15) is 0 Å². The number of benzene rings is 1. The molecule has 18 heavy (non-hydrogen) atoms. The van der Waals surface area contributed by atoms with Crippen LogP contribution >= 0.6 is 0 Å². The third kappa shape index (κ3) is 3.14. The van der Waals surface area contributed by atoms with Crippen LogP contribution in [0.1, 0.15) is 62.6 Å². The maximum Gasteiger partial charge on any atom is 0.0352 e. The highest BCUT2D eigenvalue weighted by atomic mass is 14.9. The first-order chi connectivity index (χ1) is 8.86. The van der Waals surface area contributed by atoms with Crippen molar-refractivity contribution in [1.82, 2.24) is 5.32 Å². The van der Waals surface area contributed by atoms with E-state index >= 15 is 0 Å². The molecule has 0 bridgehead atoms. The van der Waals surface area contributed by atoms with E-state index in [1.165, 1.54) is 44.9 Å². The Bertz CT molecular complexity index is 358. The first-order valence-electron chi connectivity index (χ1n) is 7.62. The van der Waals surface area contributed by atoms with Crippen molar-refractivity contribution >= 4 is 0 Å². The molecule has 1 aromatic rings. The van der Waals surface area contributed by atoms with Crippen molar-refractivity contribution in [2.45, 2.75) is 57.9 Å². The molecule has 0 aliphatic heterocycles. The molecule has 1 aliphatic rings. The van der Waals surface area contributed by atoms with Gasteiger partial charge < -0.3 is 5.32 Å². The van der Waals surface area contributed by atoms with Gasteiger partial charge in [-0.1, -0.05) is 63.3 Å². The molecule has 2 unspecified atom stereocenters. The zero-order valence-electron chi connectivity index (χ0n) is 11.9. The van der Waals surface area contributed by atoms with Gasteiger partial charge in [0, 0.05) is 6.04 Å². The van der Waals surface area contributed by atoms with Crippen LogP contribution in [0.25, 0.3) is 0 Å². The summed E-state index contributed by atoms with van der Waals surface area (Å²) in [4.78, 5) is 0. The first kappa shape index (κ1) is 13.6. The van der Waals surface area contributed by atoms with Crippen molar-refractivity contribution in [2.24, 2.45) is 5.92 Å². The lowest BCUT2D eigenvalue weighted by Gasteiger charge is -2.19. The summed E-state index contributed by atoms with van der Waals surface area (Å²) in [7, 11) is 2.11. The fraction of sp³-hybridized carbons (Fsp3) is 0.647. The van der Waals surface area contributed by atoms with Crippen LogP contribution in [0.2, 0.25) is 0 Å². The minimum absolute atomic E-state index is 0.590. The molecule has 0 radical (unpaired) electrons. The molecule has 2 atom stereocenters. The van der Waals surface area contributed by atoms with Gasteiger partial charge in [0.1, 0.15) is 0 Å². The molecule has 0 amide bonds. The normalized spacial score (nSPS) is 22.1. The molecule has 0 heterocycles. The predicted molar refractivity (Wildman–Crippen MR) is 78.8 cm³/mol. The lowest BCUT2D eigenvalue weighted by molar-refractivity contribution is 0.371. The molecule has 1 nitrogen and oxygen atoms in total. The van der Waals surface area contributed by atoms with Crippen molar-refractivity contribution in [2.75, 3.05) is 7.05 Å². The van der Waals surface area contributed by atoms with Gasteiger partial charge >= 0.3 is 0 Å². The molecule has 0 saturated heterocycles. The minimum atomic E-state index is 0.590. The number of rotatable bonds is 7. The van der Waals surface area contributed by atoms with Crippen LogP contribution in [0.5, 0.6) is 0 Å². The molecule has 100 valence electrons. The van der Waals surface area contributed by atoms with Gasteiger partial charge in [0.2, 0.25) is 0 Å². The molecule has 0 spiro atoms. The Hall–Kier alpha value is -0.820. The fourth-order valence-electron chi connectivity index (χ4n) is 3.35. The summed E-state index contributed by atoms with van der Waals surface area (Å²) in [6.07, 6.45) is 9.63. The third-order valence-electron chi connectivity index (χ3n) is 4.33. The van der Waals surface area contributed by atoms with Gasteiger partial charge in [0.05, 0.1) is 0 Å². The number of hydrogen-bond acceptors (Lipinski definition) is 1. The van der Waals surface area contributed by atoms with E-state index in [1.807, 2.05) is 0 Å². The third-order valence-corrected chi connectivity index (χ3v) is 4.33. The topological polar surface area (TPSA) is 12.0 Å². The van der Waals surface area contributed by atoms with Gasteiger partial charge in [-0.25, -0.2) is 0 Å². The van der Waals surface area contributed by atoms with E-state index in [-0.39, 0.29) is 0 Å². The zero-order valence-corrected chi connectivity index (χ0v) is 11.9. The molecule has 1 N–H and O–H groups in total. The van der Waals surface area contributed by atoms with Crippen LogP contribution in [-0.4, -0.2) is 7.05 Å². The van der Waals surface area contributed by atoms with Gasteiger partial charge in [0.25, 0.3) is 0 Å². The predicted octanol–water partition coefficient (Wildman–Crippen LogP) is 4.48. The highest BCUT2D eigenvalue weighted by Crippen LogP contribution is 2.38. The van der Waals surface area contributed by atoms with E-state index < -0.39 is 0 Å². The quantitative estimate of drug-likeness (QED) is 0.698. The van der Waals surface area contributed by atoms with E-state index in [0.29, 0.717) is 6.04 Å². The molecule has 0 aromatic heterocycles. The lowest BCUT2D eigenvalue weighted by atomic mass is 9.94. The Morgan fingerprint density at radius 1 is 1.11 bits per heavy atom. The molecule has 0 fully saturated rings. The standard InChI is InChI=1S/C17H27N/c1-3-4-5-6-7-11-15-13-14-10-8-9-12-16(14)17(15)18-2/h8-10,12,15,17-18H,3-7,11,13H2,1-2H3. The Morgan fingerprint density at radius 3 is 2.67 bits per heavy atom. The molecule has 1 heteroatoms. The second kappa shape index (κ2) is 6.94. The number of unbranched alkanes of at least 4 members (excludes halogenated alkanes) is 4. The Morgan fingerprint density at radius 2 is 1.89 bits per heavy atom. The summed E-state index contributed by atoms with van der Waals surface area (Å²) < 4.78 is 0. The van der Waals surface area contributed by atoms with E-state index in [9.17, 15) is 0 Å². The summed E-state index contributed by atoms with van der Waals surface area (Å²) >= 11 is 0. The van der Waals surface area contributed by atoms with Gasteiger partial charge in [-0.15, -0.1) is 0 Å². The van der Waals surface area contributed by atoms with Crippen LogP contribution in [0.15, 0.2) is 24.3 Å². The number of fused-ring (bicyclic) bond motifs is 1. The van der Waals surface area contributed by atoms with Gasteiger partial charge in [-0.3, -0.25) is 0 Å². The summed E-state index contributed by atoms with van der Waals surface area (Å²) in [6, 6.07) is 9.54. The summed E-state index contributed by atoms with van der Waals surface area (Å²) in [5.74, 6) is 0.814. The monoisotopic (exact) mass is 245 g/mol. The average Bonchev–Trinajstić information content (AvgIpc) is 2.76. The van der Waals surface area contributed by atoms with E-state index in [4.69, 9.17) is 0 Å². The minimum Gasteiger partial charge on any atom is -0.313 e. The lowest BCUT2D eigenvalue weighted by Crippen LogP contribution is -2.21. The highest BCUT2D eigenvalue weighted by Gasteiger charge is 2.30. The molecule has 1 aliphatic carbocycles. The van der Waals surface area contributed by atoms with E-state index in [1.54, 1.807) is 11.1 Å². The molecule has 1 aromatic carbocycles. The first-order valence-corrected chi connectivity index (χ1v) is 7.62. The molecule has 0 saturated carbocycles. The van der Waals surface area contributed by atoms with Crippen molar-refractivity contribution in [3.63, 3.8) is 0 Å². The second-order valence-corrected chi connectivity index (χ2v) is 5.63. The second-order valence-electron chi connectivity index (χ2n) is 5.63. The summed E-state index contributed by atoms with van der Waals surface area (Å²) in [5.41, 5.74) is 3.11. The van der Waals surface area contributed by atoms with Gasteiger partial charge in [0.15, 0.2) is 0 Å². The molecular formula is C17H27N. The van der Waals surface area contributed by atoms with Crippen molar-refractivity contribution in [3.05, 3.63) is 35.4 Å². The highest BCUT2D eigenvalue weighted by molar-refractivity contribution is 5.35. The van der Waals surface area contributed by atoms with Crippen LogP contribution < -0.4 is 5.32 Å².